The number of anilines is 1. The van der Waals surface area contributed by atoms with Gasteiger partial charge >= 0.3 is 5.91 Å². The van der Waals surface area contributed by atoms with Crippen LogP contribution in [0, 0.1) is 6.92 Å². The predicted octanol–water partition coefficient (Wildman–Crippen LogP) is 3.26. The molecule has 2 rings (SSSR count). The average Bonchev–Trinajstić information content (AvgIpc) is 2.60. The molecule has 0 atom stereocenters. The molecule has 0 saturated carbocycles. The second kappa shape index (κ2) is 8.92. The number of benzene rings is 1. The molecule has 2 N–H and O–H groups in total. The highest BCUT2D eigenvalue weighted by atomic mass is 16.5. The van der Waals surface area contributed by atoms with Crippen LogP contribution in [0.5, 0.6) is 17.2 Å². The monoisotopic (exact) mass is 345 g/mol. The van der Waals surface area contributed by atoms with Crippen LogP contribution in [0.1, 0.15) is 36.7 Å². The summed E-state index contributed by atoms with van der Waals surface area (Å²) in [6, 6.07) is 7.14. The Labute approximate surface area is 148 Å². The fraction of sp³-hybridized carbons (Fsp3) is 0.368. The van der Waals surface area contributed by atoms with Gasteiger partial charge in [-0.05, 0) is 52.0 Å². The van der Waals surface area contributed by atoms with Gasteiger partial charge in [0.25, 0.3) is 5.82 Å². The molecule has 0 unspecified atom stereocenters. The van der Waals surface area contributed by atoms with Crippen molar-refractivity contribution in [1.82, 2.24) is 0 Å². The largest absolute Gasteiger partial charge is 0.490 e. The Hall–Kier alpha value is -2.76. The van der Waals surface area contributed by atoms with Crippen LogP contribution in [0.25, 0.3) is 0 Å². The quantitative estimate of drug-likeness (QED) is 0.797. The topological polar surface area (TPSA) is 70.9 Å². The van der Waals surface area contributed by atoms with Crippen molar-refractivity contribution in [2.24, 2.45) is 0 Å². The maximum absolute atomic E-state index is 12.7. The van der Waals surface area contributed by atoms with Crippen LogP contribution < -0.4 is 24.5 Å². The molecule has 0 bridgehead atoms. The van der Waals surface area contributed by atoms with E-state index in [2.05, 4.69) is 10.3 Å². The van der Waals surface area contributed by atoms with Crippen molar-refractivity contribution in [3.05, 3.63) is 41.6 Å². The second-order valence-corrected chi connectivity index (χ2v) is 5.28. The number of pyridine rings is 1. The fourth-order valence-electron chi connectivity index (χ4n) is 2.36. The Balaban J connectivity index is 2.39. The third-order valence-corrected chi connectivity index (χ3v) is 3.47. The maximum atomic E-state index is 12.7. The summed E-state index contributed by atoms with van der Waals surface area (Å²) in [5, 5.41) is 2.87. The number of aromatic amines is 1. The Morgan fingerprint density at radius 1 is 1.04 bits per heavy atom. The van der Waals surface area contributed by atoms with E-state index in [4.69, 9.17) is 14.2 Å². The number of rotatable bonds is 8. The lowest BCUT2D eigenvalue weighted by Crippen LogP contribution is -2.20. The molecule has 134 valence electrons. The first-order valence-electron chi connectivity index (χ1n) is 8.45. The molecule has 25 heavy (non-hydrogen) atoms. The Morgan fingerprint density at radius 2 is 1.64 bits per heavy atom. The van der Waals surface area contributed by atoms with Crippen molar-refractivity contribution in [1.29, 1.82) is 0 Å². The molecule has 0 saturated heterocycles. The van der Waals surface area contributed by atoms with Crippen LogP contribution in [0.4, 0.5) is 5.82 Å². The number of amides is 1. The van der Waals surface area contributed by atoms with Gasteiger partial charge in [0, 0.05) is 5.56 Å². The van der Waals surface area contributed by atoms with Gasteiger partial charge in [-0.15, -0.1) is 0 Å². The van der Waals surface area contributed by atoms with Gasteiger partial charge in [-0.2, -0.15) is 0 Å². The van der Waals surface area contributed by atoms with Crippen molar-refractivity contribution >= 4 is 11.7 Å². The summed E-state index contributed by atoms with van der Waals surface area (Å²) in [7, 11) is 0. The highest BCUT2D eigenvalue weighted by Crippen LogP contribution is 2.39. The molecule has 2 aromatic rings. The fourth-order valence-corrected chi connectivity index (χ4v) is 2.36. The molecule has 1 aromatic heterocycles. The average molecular weight is 345 g/mol. The van der Waals surface area contributed by atoms with Crippen LogP contribution in [0.3, 0.4) is 0 Å². The Kier molecular flexibility index (Phi) is 6.62. The molecule has 1 heterocycles. The van der Waals surface area contributed by atoms with Crippen LogP contribution in [-0.4, -0.2) is 25.7 Å². The van der Waals surface area contributed by atoms with Crippen molar-refractivity contribution < 1.29 is 24.0 Å². The van der Waals surface area contributed by atoms with E-state index in [0.717, 1.165) is 5.56 Å². The minimum Gasteiger partial charge on any atom is -0.490 e. The zero-order valence-electron chi connectivity index (χ0n) is 15.1. The molecular formula is C19H25N2O4+. The van der Waals surface area contributed by atoms with Gasteiger partial charge in [-0.1, -0.05) is 0 Å². The van der Waals surface area contributed by atoms with Crippen molar-refractivity contribution in [2.75, 3.05) is 25.1 Å². The lowest BCUT2D eigenvalue weighted by molar-refractivity contribution is -0.361. The van der Waals surface area contributed by atoms with Gasteiger partial charge < -0.3 is 14.2 Å². The summed E-state index contributed by atoms with van der Waals surface area (Å²) in [5.41, 5.74) is 1.38. The normalized spacial score (nSPS) is 10.2. The first-order chi connectivity index (χ1) is 12.1. The van der Waals surface area contributed by atoms with Crippen LogP contribution in [0.2, 0.25) is 0 Å². The minimum atomic E-state index is -0.254. The summed E-state index contributed by atoms with van der Waals surface area (Å²) < 4.78 is 17.0. The summed E-state index contributed by atoms with van der Waals surface area (Å²) in [4.78, 5) is 15.7. The van der Waals surface area contributed by atoms with Gasteiger partial charge in [0.1, 0.15) is 0 Å². The molecule has 6 nitrogen and oxygen atoms in total. The van der Waals surface area contributed by atoms with Crippen molar-refractivity contribution in [3.8, 4) is 17.2 Å². The summed E-state index contributed by atoms with van der Waals surface area (Å²) in [6.45, 7) is 8.96. The first-order valence-corrected chi connectivity index (χ1v) is 8.45. The highest BCUT2D eigenvalue weighted by molar-refractivity contribution is 6.04. The van der Waals surface area contributed by atoms with E-state index in [0.29, 0.717) is 48.5 Å². The van der Waals surface area contributed by atoms with Crippen LogP contribution >= 0.6 is 0 Å². The van der Waals surface area contributed by atoms with Gasteiger partial charge in [0.2, 0.25) is 5.75 Å². The molecule has 0 aliphatic heterocycles. The SMILES string of the molecule is CCOc1cc(C(=O)Nc2[nH+]cccc2C)cc(OCC)c1OCC. The third-order valence-electron chi connectivity index (χ3n) is 3.47. The number of aryl methyl sites for hydroxylation is 1. The number of ether oxygens (including phenoxy) is 3. The van der Waals surface area contributed by atoms with Crippen molar-refractivity contribution in [3.63, 3.8) is 0 Å². The first kappa shape index (κ1) is 18.6. The summed E-state index contributed by atoms with van der Waals surface area (Å²) in [6.07, 6.45) is 1.76. The predicted molar refractivity (Wildman–Crippen MR) is 95.6 cm³/mol. The van der Waals surface area contributed by atoms with Crippen LogP contribution in [-0.2, 0) is 0 Å². The molecular weight excluding hydrogens is 320 g/mol. The minimum absolute atomic E-state index is 0.254. The zero-order chi connectivity index (χ0) is 18.2. The zero-order valence-corrected chi connectivity index (χ0v) is 15.1. The molecule has 0 fully saturated rings. The third kappa shape index (κ3) is 4.62. The molecule has 0 spiro atoms. The van der Waals surface area contributed by atoms with Gasteiger partial charge in [-0.25, -0.2) is 15.1 Å². The number of aromatic nitrogens is 1. The highest BCUT2D eigenvalue weighted by Gasteiger charge is 2.21. The lowest BCUT2D eigenvalue weighted by Gasteiger charge is -2.16. The van der Waals surface area contributed by atoms with Crippen LogP contribution in [0.15, 0.2) is 30.5 Å². The van der Waals surface area contributed by atoms with E-state index in [1.54, 1.807) is 18.3 Å². The molecule has 0 aliphatic carbocycles. The van der Waals surface area contributed by atoms with E-state index in [-0.39, 0.29) is 5.91 Å². The van der Waals surface area contributed by atoms with E-state index < -0.39 is 0 Å². The summed E-state index contributed by atoms with van der Waals surface area (Å²) >= 11 is 0. The molecule has 0 aliphatic rings. The number of H-pyrrole nitrogens is 1. The molecule has 1 aromatic carbocycles. The van der Waals surface area contributed by atoms with E-state index >= 15 is 0 Å². The number of nitrogens with one attached hydrogen (secondary N) is 2. The number of carbonyl (C=O) groups is 1. The molecule has 6 heteroatoms. The lowest BCUT2D eigenvalue weighted by atomic mass is 10.1. The van der Waals surface area contributed by atoms with Gasteiger partial charge in [0.15, 0.2) is 11.5 Å². The maximum Gasteiger partial charge on any atom is 0.339 e. The number of hydrogen-bond donors (Lipinski definition) is 1. The Morgan fingerprint density at radius 3 is 2.16 bits per heavy atom. The van der Waals surface area contributed by atoms with Gasteiger partial charge in [0.05, 0.1) is 31.6 Å². The van der Waals surface area contributed by atoms with E-state index in [1.807, 2.05) is 39.8 Å². The number of hydrogen-bond acceptors (Lipinski definition) is 4. The smallest absolute Gasteiger partial charge is 0.339 e. The number of carbonyl (C=O) groups excluding carboxylic acids is 1. The van der Waals surface area contributed by atoms with E-state index in [1.165, 1.54) is 0 Å². The Bertz CT molecular complexity index is 704. The van der Waals surface area contributed by atoms with E-state index in [9.17, 15) is 4.79 Å². The van der Waals surface area contributed by atoms with Gasteiger partial charge in [-0.3, -0.25) is 0 Å². The summed E-state index contributed by atoms with van der Waals surface area (Å²) in [5.74, 6) is 1.90. The molecule has 0 radical (unpaired) electrons. The molecule has 1 amide bonds. The van der Waals surface area contributed by atoms with Crippen molar-refractivity contribution in [2.45, 2.75) is 27.7 Å². The second-order valence-electron chi connectivity index (χ2n) is 5.28. The standard InChI is InChI=1S/C19H24N2O4/c1-5-23-15-11-14(12-16(24-6-2)17(15)25-7-3)19(22)21-18-13(4)9-8-10-20-18/h8-12H,5-7H2,1-4H3,(H,20,21,22)/p+1.